The molecule has 0 radical (unpaired) electrons. The average Bonchev–Trinajstić information content (AvgIpc) is 1.76. The van der Waals surface area contributed by atoms with Gasteiger partial charge in [0.1, 0.15) is 54.2 Å². The molecule has 34 heteroatoms. The Morgan fingerprint density at radius 1 is 0.758 bits per heavy atom. The number of hydrogen-bond acceptors (Lipinski definition) is 25. The molecule has 5 aromatic rings. The summed E-state index contributed by atoms with van der Waals surface area (Å²) >= 11 is -0.0892. The molecule has 0 saturated carbocycles. The molecule has 506 valence electrons. The quantitative estimate of drug-likeness (QED) is 0.0107. The number of nitrogens with two attached hydrogens (primary N) is 1. The van der Waals surface area contributed by atoms with Crippen molar-refractivity contribution in [3.63, 3.8) is 0 Å². The number of β-amino-alcohol motifs (C(OH)–C–C–N with tert-alkyl or cyclic N) is 1. The van der Waals surface area contributed by atoms with Gasteiger partial charge in [0.25, 0.3) is 18.2 Å². The molecule has 3 saturated heterocycles. The maximum Gasteiger partial charge on any atom is 1.00 e. The van der Waals surface area contributed by atoms with Crippen LogP contribution in [0, 0.1) is 5.92 Å². The summed E-state index contributed by atoms with van der Waals surface area (Å²) < 4.78 is 20.9. The fourth-order valence-electron chi connectivity index (χ4n) is 11.0. The number of phenolic OH excluding ortho intramolecular Hbond substituents is 1. The van der Waals surface area contributed by atoms with Gasteiger partial charge < -0.3 is 102 Å². The van der Waals surface area contributed by atoms with E-state index in [1.54, 1.807) is 0 Å². The molecule has 14 unspecified atom stereocenters. The third kappa shape index (κ3) is 18.8. The maximum absolute atomic E-state index is 14.7. The Bertz CT molecular complexity index is 3480. The smallest absolute Gasteiger partial charge is 0.691 e. The summed E-state index contributed by atoms with van der Waals surface area (Å²) in [5, 5.41) is 124. The normalized spacial score (nSPS) is 24.4. The number of nitrogens with one attached hydrogen (secondary N) is 5. The minimum absolute atomic E-state index is 0. The number of carbonyl (C=O) groups is 8. The molecule has 3 aliphatic heterocycles. The number of nitrogens with zero attached hydrogens (tertiary/aromatic N) is 4. The fourth-order valence-corrected chi connectivity index (χ4v) is 11.2. The molecule has 3 fully saturated rings. The SMILES string of the molecule is CCCCCOc1ccc(-c2ccc(-c3nnc(-c4ccc(C(=O)NC5CC(O)CNC(=O)C6C(O)C(C)CN6C(=O)C(C(O)CC(N)=O)NC(=O)C(C(O)C(O)c6ccc(O)c(OSOO[O-])c6)NC(=O)C6CC(O)CN6C(=O)C(C(C)O)NC5=O)cc4)o3)cc2)cc1.[Na+]. The van der Waals surface area contributed by atoms with Gasteiger partial charge in [-0.3, -0.25) is 43.4 Å². The van der Waals surface area contributed by atoms with Gasteiger partial charge in [0.15, 0.2) is 11.5 Å². The van der Waals surface area contributed by atoms with Crippen LogP contribution >= 0.6 is 12.3 Å². The number of rotatable bonds is 21. The number of aromatic nitrogens is 2. The molecule has 3 aliphatic rings. The van der Waals surface area contributed by atoms with E-state index in [0.29, 0.717) is 22.6 Å². The van der Waals surface area contributed by atoms with Gasteiger partial charge in [-0.15, -0.1) is 14.5 Å². The molecule has 0 spiro atoms. The number of hydrogen-bond donors (Lipinski definition) is 14. The Morgan fingerprint density at radius 3 is 1.98 bits per heavy atom. The monoisotopic (exact) mass is 1350 g/mol. The summed E-state index contributed by atoms with van der Waals surface area (Å²) in [6.45, 7) is 3.40. The van der Waals surface area contributed by atoms with Crippen molar-refractivity contribution in [2.24, 2.45) is 11.7 Å². The van der Waals surface area contributed by atoms with Crippen LogP contribution < -0.4 is 76.1 Å². The number of aliphatic hydroxyl groups excluding tert-OH is 7. The summed E-state index contributed by atoms with van der Waals surface area (Å²) in [5.74, 6) is -11.1. The third-order valence-corrected chi connectivity index (χ3v) is 16.5. The van der Waals surface area contributed by atoms with Crippen LogP contribution in [-0.2, 0) is 42.9 Å². The number of unbranched alkanes of at least 4 members (excludes halogenated alkanes) is 2. The summed E-state index contributed by atoms with van der Waals surface area (Å²) in [6.07, 6.45) is -13.1. The number of fused-ring (bicyclic) bond motifs is 2. The summed E-state index contributed by atoms with van der Waals surface area (Å²) in [4.78, 5) is 115. The van der Waals surface area contributed by atoms with Gasteiger partial charge in [0.2, 0.25) is 53.1 Å². The molecule has 4 heterocycles. The first-order chi connectivity index (χ1) is 44.9. The van der Waals surface area contributed by atoms with Crippen LogP contribution in [0.25, 0.3) is 34.0 Å². The van der Waals surface area contributed by atoms with E-state index in [0.717, 1.165) is 66.2 Å². The second-order valence-electron chi connectivity index (χ2n) is 23.0. The minimum atomic E-state index is -2.55. The van der Waals surface area contributed by atoms with Gasteiger partial charge >= 0.3 is 29.6 Å². The number of aliphatic hydroxyl groups is 7. The minimum Gasteiger partial charge on any atom is -0.691 e. The van der Waals surface area contributed by atoms with Crippen molar-refractivity contribution in [2.45, 2.75) is 138 Å². The standard InChI is InChI=1S/C61H74N10O22S.Na/c1-4-5-6-21-89-39-18-15-32(16-19-39)31-7-11-34(12-8-31)58-68-69-59(90-58)35-13-9-33(10-14-35)53(81)64-40-23-37(73)26-63-57(85)49-50(78)29(2)27-71(49)61(87)47(43(76)25-45(62)77)66-56(84)48(52(80)51(79)36-17-20-42(75)44(22-36)91-94-93-92-88)67-55(83)41-24-38(74)28-70(41)60(86)46(30(3)72)65-54(40)82;/h7-20,22,29-30,37-38,40-41,43,46-52,72-76,78-80,88H,4-6,21,23-28H2,1-3H3,(H2,62,77)(H,63,85)(H,64,81)(H,65,82)(H,66,84)(H,67,83);/q;+1/p-1. The summed E-state index contributed by atoms with van der Waals surface area (Å²) in [6, 6.07) is 11.3. The predicted molar refractivity (Wildman–Crippen MR) is 324 cm³/mol. The van der Waals surface area contributed by atoms with Gasteiger partial charge in [0, 0.05) is 55.1 Å². The Kier molecular flexibility index (Phi) is 26.8. The van der Waals surface area contributed by atoms with Crippen molar-refractivity contribution in [3.8, 4) is 51.3 Å². The third-order valence-electron chi connectivity index (χ3n) is 16.1. The molecule has 0 aliphatic carbocycles. The molecule has 1 aromatic heterocycles. The number of aromatic hydroxyl groups is 1. The first-order valence-corrected chi connectivity index (χ1v) is 30.6. The zero-order valence-corrected chi connectivity index (χ0v) is 54.7. The van der Waals surface area contributed by atoms with Crippen molar-refractivity contribution in [3.05, 3.63) is 102 Å². The molecule has 4 aromatic carbocycles. The van der Waals surface area contributed by atoms with Crippen LogP contribution in [0.5, 0.6) is 17.2 Å². The number of carbonyl (C=O) groups excluding carboxylic acids is 8. The fraction of sp³-hybridized carbons (Fsp3) is 0.443. The molecular weight excluding hydrogens is 1280 g/mol. The van der Waals surface area contributed by atoms with E-state index in [1.807, 2.05) is 48.5 Å². The first-order valence-electron chi connectivity index (χ1n) is 29.9. The molecular formula is C61H73N10NaO22S. The summed E-state index contributed by atoms with van der Waals surface area (Å²) in [5.41, 5.74) is 7.84. The van der Waals surface area contributed by atoms with E-state index in [2.05, 4.69) is 53.1 Å². The zero-order valence-electron chi connectivity index (χ0n) is 51.9. The Morgan fingerprint density at radius 2 is 1.36 bits per heavy atom. The van der Waals surface area contributed by atoms with Crippen molar-refractivity contribution in [1.29, 1.82) is 0 Å². The topological polar surface area (TPSA) is 490 Å². The van der Waals surface area contributed by atoms with E-state index in [-0.39, 0.29) is 64.8 Å². The number of ether oxygens (including phenoxy) is 1. The largest absolute Gasteiger partial charge is 1.00 e. The van der Waals surface area contributed by atoms with Crippen LogP contribution in [0.1, 0.15) is 81.3 Å². The van der Waals surface area contributed by atoms with Crippen molar-refractivity contribution >= 4 is 59.6 Å². The molecule has 8 amide bonds. The van der Waals surface area contributed by atoms with E-state index in [1.165, 1.54) is 31.2 Å². The molecule has 8 rings (SSSR count). The number of phenols is 1. The van der Waals surface area contributed by atoms with Gasteiger partial charge in [0.05, 0.1) is 43.5 Å². The molecule has 15 N–H and O–H groups in total. The van der Waals surface area contributed by atoms with Crippen LogP contribution in [0.2, 0.25) is 0 Å². The number of benzene rings is 4. The number of amides is 8. The van der Waals surface area contributed by atoms with E-state index in [9.17, 15) is 84.5 Å². The second kappa shape index (κ2) is 34.2. The second-order valence-corrected chi connectivity index (χ2v) is 23.4. The van der Waals surface area contributed by atoms with Crippen molar-refractivity contribution in [2.75, 3.05) is 26.2 Å². The summed E-state index contributed by atoms with van der Waals surface area (Å²) in [7, 11) is 0. The number of primary amides is 1. The zero-order chi connectivity index (χ0) is 68.1. The van der Waals surface area contributed by atoms with Crippen LogP contribution in [0.4, 0.5) is 0 Å². The Hall–Kier alpha value is -7.87. The van der Waals surface area contributed by atoms with Gasteiger partial charge in [-0.1, -0.05) is 57.0 Å². The molecule has 0 bridgehead atoms. The van der Waals surface area contributed by atoms with Crippen molar-refractivity contribution < 1.29 is 137 Å². The van der Waals surface area contributed by atoms with Gasteiger partial charge in [-0.25, -0.2) is 0 Å². The van der Waals surface area contributed by atoms with E-state index >= 15 is 0 Å². The van der Waals surface area contributed by atoms with Gasteiger partial charge in [-0.2, -0.15) is 0 Å². The van der Waals surface area contributed by atoms with E-state index in [4.69, 9.17) is 19.1 Å². The van der Waals surface area contributed by atoms with Crippen molar-refractivity contribution in [1.82, 2.24) is 46.6 Å². The van der Waals surface area contributed by atoms with Crippen LogP contribution in [0.15, 0.2) is 95.4 Å². The predicted octanol–water partition coefficient (Wildman–Crippen LogP) is -5.17. The van der Waals surface area contributed by atoms with Crippen LogP contribution in [0.3, 0.4) is 0 Å². The molecule has 95 heavy (non-hydrogen) atoms. The average molecular weight is 1350 g/mol. The molecule has 14 atom stereocenters. The Labute approximate surface area is 569 Å². The van der Waals surface area contributed by atoms with E-state index < -0.39 is 183 Å². The van der Waals surface area contributed by atoms with Gasteiger partial charge in [-0.05, 0) is 90.7 Å². The molecule has 32 nitrogen and oxygen atoms in total. The Balaban J connectivity index is 0.0000128. The van der Waals surface area contributed by atoms with Crippen LogP contribution in [-0.4, -0.2) is 207 Å². The first kappa shape index (κ1) is 74.5. The maximum atomic E-state index is 14.7.